The zero-order valence-corrected chi connectivity index (χ0v) is 20.1. The molecule has 0 unspecified atom stereocenters. The Hall–Kier alpha value is -3.55. The van der Waals surface area contributed by atoms with Crippen LogP contribution in [0.15, 0.2) is 23.1 Å². The molecule has 3 rings (SSSR count). The maximum absolute atomic E-state index is 15.1. The highest BCUT2D eigenvalue weighted by atomic mass is 35.5. The lowest BCUT2D eigenvalue weighted by Crippen LogP contribution is -2.33. The third-order valence-electron chi connectivity index (χ3n) is 4.99. The van der Waals surface area contributed by atoms with Gasteiger partial charge in [-0.1, -0.05) is 11.6 Å². The first kappa shape index (κ1) is 27.0. The molecule has 36 heavy (non-hydrogen) atoms. The van der Waals surface area contributed by atoms with Gasteiger partial charge in [0.05, 0.1) is 5.69 Å². The second-order valence-corrected chi connectivity index (χ2v) is 8.26. The monoisotopic (exact) mass is 534 g/mol. The second kappa shape index (κ2) is 10.2. The van der Waals surface area contributed by atoms with Crippen LogP contribution in [-0.2, 0) is 6.67 Å². The molecule has 0 saturated carbocycles. The number of hydrogen-bond acceptors (Lipinski definition) is 6. The van der Waals surface area contributed by atoms with Crippen LogP contribution in [-0.4, -0.2) is 42.5 Å². The van der Waals surface area contributed by atoms with Crippen molar-refractivity contribution in [2.45, 2.75) is 52.7 Å². The van der Waals surface area contributed by atoms with Gasteiger partial charge >= 0.3 is 11.9 Å². The molecule has 3 aromatic rings. The summed E-state index contributed by atoms with van der Waals surface area (Å²) in [6.07, 6.45) is -5.97. The highest BCUT2D eigenvalue weighted by Crippen LogP contribution is 2.30. The first-order valence-electron chi connectivity index (χ1n) is 10.4. The molecule has 0 aromatic carbocycles. The van der Waals surface area contributed by atoms with Crippen molar-refractivity contribution in [3.05, 3.63) is 56.7 Å². The predicted molar refractivity (Wildman–Crippen MR) is 119 cm³/mol. The van der Waals surface area contributed by atoms with Crippen molar-refractivity contribution in [3.63, 3.8) is 0 Å². The fourth-order valence-corrected chi connectivity index (χ4v) is 3.37. The van der Waals surface area contributed by atoms with Crippen molar-refractivity contribution < 1.29 is 31.5 Å². The molecule has 1 N–H and O–H groups in total. The van der Waals surface area contributed by atoms with Crippen molar-refractivity contribution in [3.8, 4) is 11.7 Å². The minimum atomic E-state index is -4.87. The highest BCUT2D eigenvalue weighted by molar-refractivity contribution is 6.32. The second-order valence-electron chi connectivity index (χ2n) is 7.90. The summed E-state index contributed by atoms with van der Waals surface area (Å²) in [5.74, 6) is -4.60. The van der Waals surface area contributed by atoms with Crippen LogP contribution >= 0.6 is 11.6 Å². The molecular formula is C21H20ClF5N6O3. The van der Waals surface area contributed by atoms with Gasteiger partial charge in [0.1, 0.15) is 12.2 Å². The molecule has 0 bridgehead atoms. The number of hydrogen-bond donors (Lipinski definition) is 1. The van der Waals surface area contributed by atoms with Gasteiger partial charge in [-0.25, -0.2) is 18.6 Å². The summed E-state index contributed by atoms with van der Waals surface area (Å²) in [4.78, 5) is 33.1. The Morgan fingerprint density at radius 1 is 1.28 bits per heavy atom. The average molecular weight is 535 g/mol. The zero-order chi connectivity index (χ0) is 26.9. The third kappa shape index (κ3) is 5.32. The van der Waals surface area contributed by atoms with Gasteiger partial charge in [0.2, 0.25) is 5.88 Å². The summed E-state index contributed by atoms with van der Waals surface area (Å²) in [7, 11) is 0. The quantitative estimate of drug-likeness (QED) is 0.352. The smallest absolute Gasteiger partial charge is 0.425 e. The van der Waals surface area contributed by atoms with E-state index >= 15 is 4.39 Å². The number of nitrogens with one attached hydrogen (secondary N) is 1. The Bertz CT molecular complexity index is 1330. The number of aryl methyl sites for hydroxylation is 1. The number of amides is 1. The molecule has 0 aliphatic heterocycles. The van der Waals surface area contributed by atoms with E-state index in [-0.39, 0.29) is 16.7 Å². The van der Waals surface area contributed by atoms with Crippen LogP contribution < -0.4 is 15.7 Å². The maximum Gasteiger partial charge on any atom is 0.425 e. The Kier molecular flexibility index (Phi) is 7.67. The number of aromatic nitrogens is 5. The van der Waals surface area contributed by atoms with Crippen molar-refractivity contribution in [1.82, 2.24) is 24.3 Å². The van der Waals surface area contributed by atoms with Gasteiger partial charge in [-0.3, -0.25) is 9.36 Å². The standard InChI is InChI=1S/C21H20ClF5N6O3/c1-9(2)32-14(8-23)31-33(20(32)35)17-13(24)7-12(19(30-17)36-11(4)21(25,26)27)18(34)29-15-10(3)5-6-28-16(15)22/h5-7,9,11H,8H2,1-4H3,(H,29,34)/t11-/m0/s1. The van der Waals surface area contributed by atoms with Gasteiger partial charge in [-0.05, 0) is 45.4 Å². The van der Waals surface area contributed by atoms with E-state index in [1.54, 1.807) is 20.8 Å². The summed E-state index contributed by atoms with van der Waals surface area (Å²) in [5, 5.41) is 5.92. The van der Waals surface area contributed by atoms with Gasteiger partial charge in [0.15, 0.2) is 28.7 Å². The molecular weight excluding hydrogens is 515 g/mol. The Balaban J connectivity index is 2.17. The number of carbonyl (C=O) groups excluding carboxylic acids is 1. The number of pyridine rings is 2. The lowest BCUT2D eigenvalue weighted by Gasteiger charge is -2.19. The number of carbonyl (C=O) groups is 1. The summed E-state index contributed by atoms with van der Waals surface area (Å²) in [6.45, 7) is 4.15. The third-order valence-corrected chi connectivity index (χ3v) is 5.27. The molecule has 3 aromatic heterocycles. The van der Waals surface area contributed by atoms with Gasteiger partial charge < -0.3 is 10.1 Å². The molecule has 194 valence electrons. The lowest BCUT2D eigenvalue weighted by molar-refractivity contribution is -0.190. The Morgan fingerprint density at radius 2 is 1.94 bits per heavy atom. The summed E-state index contributed by atoms with van der Waals surface area (Å²) >= 11 is 5.98. The first-order valence-corrected chi connectivity index (χ1v) is 10.8. The molecule has 0 spiro atoms. The molecule has 9 nitrogen and oxygen atoms in total. The van der Waals surface area contributed by atoms with Crippen LogP contribution in [0.5, 0.6) is 5.88 Å². The molecule has 0 saturated heterocycles. The fourth-order valence-electron chi connectivity index (χ4n) is 3.12. The van der Waals surface area contributed by atoms with Crippen LogP contribution in [0.2, 0.25) is 5.15 Å². The van der Waals surface area contributed by atoms with E-state index in [0.29, 0.717) is 23.2 Å². The maximum atomic E-state index is 15.1. The average Bonchev–Trinajstić information content (AvgIpc) is 3.12. The lowest BCUT2D eigenvalue weighted by atomic mass is 10.2. The van der Waals surface area contributed by atoms with E-state index < -0.39 is 59.7 Å². The zero-order valence-electron chi connectivity index (χ0n) is 19.3. The number of alkyl halides is 4. The van der Waals surface area contributed by atoms with Crippen LogP contribution in [0.25, 0.3) is 5.82 Å². The topological polar surface area (TPSA) is 104 Å². The van der Waals surface area contributed by atoms with Crippen molar-refractivity contribution in [2.24, 2.45) is 0 Å². The van der Waals surface area contributed by atoms with E-state index in [0.717, 1.165) is 4.57 Å². The van der Waals surface area contributed by atoms with Gasteiger partial charge in [0.25, 0.3) is 5.91 Å². The summed E-state index contributed by atoms with van der Waals surface area (Å²) in [6, 6.07) is 1.47. The Labute approximate surface area is 205 Å². The van der Waals surface area contributed by atoms with Crippen LogP contribution in [0.1, 0.15) is 48.6 Å². The molecule has 3 heterocycles. The molecule has 0 aliphatic rings. The van der Waals surface area contributed by atoms with E-state index in [1.165, 1.54) is 12.3 Å². The number of ether oxygens (including phenoxy) is 1. The molecule has 1 amide bonds. The van der Waals surface area contributed by atoms with Crippen LogP contribution in [0, 0.1) is 12.7 Å². The van der Waals surface area contributed by atoms with Crippen LogP contribution in [0.4, 0.5) is 27.6 Å². The predicted octanol–water partition coefficient (Wildman–Crippen LogP) is 4.56. The number of rotatable bonds is 7. The van der Waals surface area contributed by atoms with Crippen molar-refractivity contribution in [2.75, 3.05) is 5.32 Å². The minimum absolute atomic E-state index is 0.0305. The van der Waals surface area contributed by atoms with Gasteiger partial charge in [0, 0.05) is 12.2 Å². The first-order chi connectivity index (χ1) is 16.8. The molecule has 0 aliphatic carbocycles. The highest BCUT2D eigenvalue weighted by Gasteiger charge is 2.39. The summed E-state index contributed by atoms with van der Waals surface area (Å²) in [5.41, 5.74) is -1.23. The number of anilines is 1. The SMILES string of the molecule is Cc1ccnc(Cl)c1NC(=O)c1cc(F)c(-n2nc(CF)n(C(C)C)c2=O)nc1O[C@@H](C)C(F)(F)F. The van der Waals surface area contributed by atoms with E-state index in [4.69, 9.17) is 16.3 Å². The van der Waals surface area contributed by atoms with E-state index in [2.05, 4.69) is 20.4 Å². The largest absolute Gasteiger partial charge is 0.464 e. The van der Waals surface area contributed by atoms with Crippen LogP contribution in [0.3, 0.4) is 0 Å². The number of nitrogens with zero attached hydrogens (tertiary/aromatic N) is 5. The van der Waals surface area contributed by atoms with E-state index in [1.807, 2.05) is 0 Å². The van der Waals surface area contributed by atoms with E-state index in [9.17, 15) is 27.2 Å². The molecule has 0 radical (unpaired) electrons. The fraction of sp³-hybridized carbons (Fsp3) is 0.381. The molecule has 15 heteroatoms. The normalized spacial score (nSPS) is 12.6. The molecule has 0 fully saturated rings. The van der Waals surface area contributed by atoms with Gasteiger partial charge in [-0.15, -0.1) is 5.10 Å². The minimum Gasteiger partial charge on any atom is -0.464 e. The molecule has 1 atom stereocenters. The van der Waals surface area contributed by atoms with Crippen molar-refractivity contribution >= 4 is 23.2 Å². The van der Waals surface area contributed by atoms with Gasteiger partial charge in [-0.2, -0.15) is 22.8 Å². The summed E-state index contributed by atoms with van der Waals surface area (Å²) < 4.78 is 74.3. The number of halogens is 6. The Morgan fingerprint density at radius 3 is 2.47 bits per heavy atom. The van der Waals surface area contributed by atoms with Crippen molar-refractivity contribution in [1.29, 1.82) is 0 Å².